The van der Waals surface area contributed by atoms with Crippen molar-refractivity contribution in [3.63, 3.8) is 0 Å². The first-order valence-corrected chi connectivity index (χ1v) is 37.0. The Morgan fingerprint density at radius 3 is 1.15 bits per heavy atom. The Balaban J connectivity index is 0.000000137. The molecule has 6 atom stereocenters. The van der Waals surface area contributed by atoms with Crippen LogP contribution in [0.4, 0.5) is 39.8 Å². The van der Waals surface area contributed by atoms with Crippen molar-refractivity contribution < 1.29 is 6.85 Å². The summed E-state index contributed by atoms with van der Waals surface area (Å²) in [6.07, 6.45) is 14.3. The monoisotopic (exact) mass is 1300 g/mol. The van der Waals surface area contributed by atoms with E-state index in [0.717, 1.165) is 11.3 Å². The molecule has 516 valence electrons. The zero-order valence-corrected chi connectivity index (χ0v) is 63.3. The molecule has 7 aromatic rings. The highest BCUT2D eigenvalue weighted by Gasteiger charge is 2.55. The van der Waals surface area contributed by atoms with Crippen LogP contribution in [0.2, 0.25) is 0 Å². The SMILES string of the molecule is Cc1ccccc1N1C(C)C(C)(C)CC1(C)C.Cc1ccccc1N1C(C)C2(CCCCC2)CC1(C)C.Cc1ccccc1N1c2ccccc2C(C)(C)C1C.Cc1ccccc1N1c2ccccc2C2(CCCCC2)C1C.[2H]C([2H])([2H])C1(C)NC(C)N(c2ccccc2C)C(C)(C)C1([2H])[2H]. The van der Waals surface area contributed by atoms with Crippen LogP contribution >= 0.6 is 0 Å². The van der Waals surface area contributed by atoms with E-state index < -0.39 is 24.3 Å². The van der Waals surface area contributed by atoms with Crippen LogP contribution in [0, 0.1) is 45.4 Å². The summed E-state index contributed by atoms with van der Waals surface area (Å²) in [7, 11) is 0. The lowest BCUT2D eigenvalue weighted by molar-refractivity contribution is 0.170. The molecule has 6 nitrogen and oxygen atoms in total. The molecule has 5 heterocycles. The molecule has 5 fully saturated rings. The molecule has 2 spiro atoms. The largest absolute Gasteiger partial charge is 0.363 e. The topological polar surface area (TPSA) is 28.2 Å². The number of hydrogen-bond acceptors (Lipinski definition) is 6. The van der Waals surface area contributed by atoms with Crippen molar-refractivity contribution in [2.75, 3.05) is 24.5 Å². The first kappa shape index (κ1) is 65.4. The highest BCUT2D eigenvalue weighted by atomic mass is 15.4. The average Bonchev–Trinajstić information content (AvgIpc) is 1.70. The van der Waals surface area contributed by atoms with Crippen molar-refractivity contribution in [1.29, 1.82) is 0 Å². The molecule has 7 aromatic carbocycles. The Bertz CT molecular complexity index is 3980. The summed E-state index contributed by atoms with van der Waals surface area (Å²) in [5, 5.41) is 3.04. The van der Waals surface area contributed by atoms with Gasteiger partial charge in [-0.25, -0.2) is 0 Å². The van der Waals surface area contributed by atoms with Gasteiger partial charge in [0.25, 0.3) is 0 Å². The van der Waals surface area contributed by atoms with Gasteiger partial charge in [0.1, 0.15) is 0 Å². The normalized spacial score (nSPS) is 27.1. The highest BCUT2D eigenvalue weighted by Crippen LogP contribution is 2.58. The van der Waals surface area contributed by atoms with E-state index in [1.807, 2.05) is 43.0 Å². The Morgan fingerprint density at radius 2 is 0.719 bits per heavy atom. The molecule has 5 aliphatic heterocycles. The summed E-state index contributed by atoms with van der Waals surface area (Å²) < 4.78 is 41.0. The van der Waals surface area contributed by atoms with Crippen LogP contribution in [0.25, 0.3) is 0 Å². The molecule has 1 N–H and O–H groups in total. The van der Waals surface area contributed by atoms with Crippen molar-refractivity contribution in [3.05, 3.63) is 209 Å². The van der Waals surface area contributed by atoms with E-state index >= 15 is 0 Å². The predicted molar refractivity (Wildman–Crippen MR) is 418 cm³/mol. The Morgan fingerprint density at radius 1 is 0.365 bits per heavy atom. The van der Waals surface area contributed by atoms with Gasteiger partial charge in [-0.2, -0.15) is 0 Å². The van der Waals surface area contributed by atoms with Gasteiger partial charge in [-0.1, -0.05) is 194 Å². The van der Waals surface area contributed by atoms with Gasteiger partial charge in [0.2, 0.25) is 0 Å². The summed E-state index contributed by atoms with van der Waals surface area (Å²) in [6, 6.07) is 63.1. The second-order valence-electron chi connectivity index (χ2n) is 33.5. The second kappa shape index (κ2) is 28.0. The smallest absolute Gasteiger partial charge is 0.0776 e. The molecule has 0 amide bonds. The van der Waals surface area contributed by atoms with E-state index in [1.165, 1.54) is 146 Å². The molecule has 3 saturated heterocycles. The maximum absolute atomic E-state index is 8.68. The molecule has 2 saturated carbocycles. The number of nitrogens with one attached hydrogen (secondary N) is 1. The van der Waals surface area contributed by atoms with Crippen LogP contribution < -0.4 is 29.8 Å². The zero-order chi connectivity index (χ0) is 73.8. The first-order valence-electron chi connectivity index (χ1n) is 39.5. The third kappa shape index (κ3) is 14.1. The lowest BCUT2D eigenvalue weighted by Gasteiger charge is -2.55. The lowest BCUT2D eigenvalue weighted by atomic mass is 9.67. The molecule has 14 rings (SSSR count). The molecular weight excluding hydrogens is 1170 g/mol. The van der Waals surface area contributed by atoms with E-state index in [1.54, 1.807) is 19.4 Å². The average molecular weight is 1300 g/mol. The first-order chi connectivity index (χ1) is 47.3. The van der Waals surface area contributed by atoms with E-state index in [2.05, 4.69) is 281 Å². The molecule has 2 aliphatic carbocycles. The summed E-state index contributed by atoms with van der Waals surface area (Å²) in [5.74, 6) is 0. The highest BCUT2D eigenvalue weighted by molar-refractivity contribution is 5.77. The van der Waals surface area contributed by atoms with Crippen molar-refractivity contribution in [2.45, 2.75) is 299 Å². The van der Waals surface area contributed by atoms with E-state index in [9.17, 15) is 0 Å². The molecular formula is C90H126N6. The van der Waals surface area contributed by atoms with Crippen LogP contribution in [0.3, 0.4) is 0 Å². The van der Waals surface area contributed by atoms with Gasteiger partial charge in [0.05, 0.1) is 6.17 Å². The van der Waals surface area contributed by atoms with Gasteiger partial charge in [-0.05, 0) is 262 Å². The standard InChI is InChI=1S/C21H25N.C19H29N.C18H21N.C16H26N2.C16H25N/c1-16-10-4-6-12-19(16)22-17(2)21(14-8-3-9-15-21)18-11-5-7-13-20(18)22;1-15-10-6-7-11-17(15)20-16(2)19(14-18(20,3)4)12-8-5-9-13-19;1-13-9-5-7-11-16(13)19-14(2)18(3,4)15-10-6-8-12-17(15)19;1-12-9-7-8-10-14(12)18-13(2)17-15(3,4)11-16(18,5)6;1-12-9-7-8-10-14(12)17-13(2)15(3,4)11-16(17,5)6/h4-7,10-13,17H,3,8-9,14-15H2,1-2H3;6-7,10-11,16H,5,8-9,12-14H2,1-4H3;5-12,14H,1-4H3;7-10,13,17H,11H2,1-6H3;7-10,13H,11H2,1-6H3/i;;;3D3,11D2;. The molecule has 0 aromatic heterocycles. The molecule has 0 radical (unpaired) electrons. The van der Waals surface area contributed by atoms with Crippen molar-refractivity contribution in [3.8, 4) is 0 Å². The zero-order valence-electron chi connectivity index (χ0n) is 68.3. The van der Waals surface area contributed by atoms with Crippen molar-refractivity contribution in [2.24, 2.45) is 10.8 Å². The van der Waals surface area contributed by atoms with Gasteiger partial charge in [0, 0.05) is 104 Å². The molecule has 6 heteroatoms. The van der Waals surface area contributed by atoms with Crippen LogP contribution in [-0.4, -0.2) is 52.5 Å². The number of fused-ring (bicyclic) bond motifs is 3. The second-order valence-corrected chi connectivity index (χ2v) is 33.5. The predicted octanol–water partition coefficient (Wildman–Crippen LogP) is 24.0. The quantitative estimate of drug-likeness (QED) is 0.185. The van der Waals surface area contributed by atoms with Gasteiger partial charge in [-0.15, -0.1) is 0 Å². The summed E-state index contributed by atoms with van der Waals surface area (Å²) >= 11 is 0. The minimum absolute atomic E-state index is 0.179. The number of para-hydroxylation sites is 7. The Hall–Kier alpha value is -6.50. The summed E-state index contributed by atoms with van der Waals surface area (Å²) in [4.78, 5) is 12.4. The fraction of sp³-hybridized carbons (Fsp3) is 0.533. The Labute approximate surface area is 592 Å². The maximum Gasteiger partial charge on any atom is 0.0776 e. The molecule has 7 aliphatic rings. The fourth-order valence-corrected chi connectivity index (χ4v) is 19.7. The van der Waals surface area contributed by atoms with Crippen LogP contribution in [0.1, 0.15) is 247 Å². The van der Waals surface area contributed by atoms with Crippen molar-refractivity contribution >= 4 is 39.8 Å². The van der Waals surface area contributed by atoms with E-state index in [0.29, 0.717) is 40.4 Å². The lowest BCUT2D eigenvalue weighted by Crippen LogP contribution is -2.67. The third-order valence-electron chi connectivity index (χ3n) is 24.5. The maximum atomic E-state index is 8.68. The summed E-state index contributed by atoms with van der Waals surface area (Å²) in [6.45, 7) is 44.0. The molecule has 0 bridgehead atoms. The van der Waals surface area contributed by atoms with E-state index in [-0.39, 0.29) is 22.7 Å². The van der Waals surface area contributed by atoms with Crippen LogP contribution in [0.15, 0.2) is 170 Å². The number of aryl methyl sites for hydroxylation is 5. The van der Waals surface area contributed by atoms with Crippen LogP contribution in [0.5, 0.6) is 0 Å². The van der Waals surface area contributed by atoms with Crippen LogP contribution in [-0.2, 0) is 10.8 Å². The minimum Gasteiger partial charge on any atom is -0.363 e. The summed E-state index contributed by atoms with van der Waals surface area (Å²) in [5.41, 5.74) is 18.2. The van der Waals surface area contributed by atoms with Gasteiger partial charge in [0.15, 0.2) is 0 Å². The number of benzene rings is 7. The van der Waals surface area contributed by atoms with E-state index in [4.69, 9.17) is 6.85 Å². The molecule has 6 unspecified atom stereocenters. The Kier molecular flexibility index (Phi) is 19.1. The molecule has 96 heavy (non-hydrogen) atoms. The van der Waals surface area contributed by atoms with Gasteiger partial charge >= 0.3 is 0 Å². The minimum atomic E-state index is -2.46. The number of hydrogen-bond donors (Lipinski definition) is 1. The van der Waals surface area contributed by atoms with Gasteiger partial charge in [-0.3, -0.25) is 5.32 Å². The number of nitrogens with zero attached hydrogens (tertiary/aromatic N) is 5. The van der Waals surface area contributed by atoms with Gasteiger partial charge < -0.3 is 24.5 Å². The number of rotatable bonds is 5. The third-order valence-corrected chi connectivity index (χ3v) is 24.5. The number of anilines is 7. The fourth-order valence-electron chi connectivity index (χ4n) is 19.7. The van der Waals surface area contributed by atoms with Crippen molar-refractivity contribution in [1.82, 2.24) is 5.32 Å².